The van der Waals surface area contributed by atoms with E-state index in [9.17, 15) is 4.79 Å². The van der Waals surface area contributed by atoms with E-state index < -0.39 is 5.91 Å². The highest BCUT2D eigenvalue weighted by Crippen LogP contribution is 2.32. The van der Waals surface area contributed by atoms with Crippen LogP contribution in [0.2, 0.25) is 0 Å². The van der Waals surface area contributed by atoms with Crippen LogP contribution in [-0.2, 0) is 9.53 Å². The molecule has 0 bridgehead atoms. The van der Waals surface area contributed by atoms with Gasteiger partial charge in [-0.15, -0.1) is 0 Å². The van der Waals surface area contributed by atoms with Gasteiger partial charge in [-0.05, 0) is 12.2 Å². The summed E-state index contributed by atoms with van der Waals surface area (Å²) in [7, 11) is 1.56. The van der Waals surface area contributed by atoms with Crippen LogP contribution in [-0.4, -0.2) is 18.4 Å². The van der Waals surface area contributed by atoms with Gasteiger partial charge in [0.2, 0.25) is 0 Å². The number of nitrogens with one attached hydrogen (secondary N) is 3. The van der Waals surface area contributed by atoms with Crippen LogP contribution in [0.1, 0.15) is 0 Å². The second kappa shape index (κ2) is 5.19. The summed E-state index contributed by atoms with van der Waals surface area (Å²) in [5, 5.41) is 8.79. The van der Waals surface area contributed by atoms with Crippen molar-refractivity contribution in [2.24, 2.45) is 11.5 Å². The zero-order valence-corrected chi connectivity index (χ0v) is 11.1. The first-order chi connectivity index (χ1) is 9.01. The van der Waals surface area contributed by atoms with Crippen molar-refractivity contribution >= 4 is 17.7 Å². The second-order valence-electron chi connectivity index (χ2n) is 3.84. The minimum atomic E-state index is -0.546. The van der Waals surface area contributed by atoms with E-state index in [1.54, 1.807) is 13.2 Å². The Hall–Kier alpha value is -2.22. The molecule has 7 N–H and O–H groups in total. The molecule has 2 heterocycles. The number of carbonyl (C=O) groups excluding carboxylic acids is 1. The van der Waals surface area contributed by atoms with E-state index in [0.29, 0.717) is 16.6 Å². The van der Waals surface area contributed by atoms with E-state index in [1.165, 1.54) is 11.8 Å². The molecular formula is C11H15N5O2S. The number of thioether (sulfide) groups is 1. The standard InChI is InChI=1S/C11H15N5O2S/c1-5(12)14-10-8(9(13)17)19-11-6(15-10)3-4-7(16-11)18-2/h3-4,11,14-16H,1,12H2,2H3,(H2,13,17). The van der Waals surface area contributed by atoms with Crippen LogP contribution in [0.4, 0.5) is 0 Å². The van der Waals surface area contributed by atoms with Gasteiger partial charge in [0, 0.05) is 0 Å². The van der Waals surface area contributed by atoms with Gasteiger partial charge in [0.25, 0.3) is 5.91 Å². The highest BCUT2D eigenvalue weighted by Gasteiger charge is 2.30. The molecule has 0 fully saturated rings. The quantitative estimate of drug-likeness (QED) is 0.463. The lowest BCUT2D eigenvalue weighted by atomic mass is 10.3. The number of methoxy groups -OCH3 is 1. The molecule has 0 radical (unpaired) electrons. The molecule has 0 aliphatic carbocycles. The van der Waals surface area contributed by atoms with Gasteiger partial charge in [0.1, 0.15) is 16.1 Å². The summed E-state index contributed by atoms with van der Waals surface area (Å²) in [6.07, 6.45) is 3.63. The van der Waals surface area contributed by atoms with E-state index in [2.05, 4.69) is 22.5 Å². The molecule has 19 heavy (non-hydrogen) atoms. The zero-order chi connectivity index (χ0) is 14.0. The molecule has 0 aromatic rings. The normalized spacial score (nSPS) is 21.2. The maximum atomic E-state index is 11.5. The molecule has 0 spiro atoms. The molecule has 0 saturated carbocycles. The van der Waals surface area contributed by atoms with Gasteiger partial charge in [-0.3, -0.25) is 4.79 Å². The van der Waals surface area contributed by atoms with Crippen LogP contribution in [0.5, 0.6) is 0 Å². The fourth-order valence-corrected chi connectivity index (χ4v) is 2.65. The molecule has 1 amide bonds. The number of hydrogen-bond acceptors (Lipinski definition) is 7. The Kier molecular flexibility index (Phi) is 3.61. The summed E-state index contributed by atoms with van der Waals surface area (Å²) in [5.41, 5.74) is 11.7. The van der Waals surface area contributed by atoms with Gasteiger partial charge in [0.15, 0.2) is 5.88 Å². The number of rotatable bonds is 4. The maximum absolute atomic E-state index is 11.5. The highest BCUT2D eigenvalue weighted by atomic mass is 32.2. The van der Waals surface area contributed by atoms with E-state index in [0.717, 1.165) is 5.70 Å². The third-order valence-electron chi connectivity index (χ3n) is 2.43. The average molecular weight is 281 g/mol. The van der Waals surface area contributed by atoms with Crippen molar-refractivity contribution in [2.45, 2.75) is 5.37 Å². The number of carbonyl (C=O) groups is 1. The SMILES string of the molecule is C=C(N)NC1=C(C(N)=O)SC2NC(OC)=CC=C2N1. The van der Waals surface area contributed by atoms with Crippen LogP contribution in [0, 0.1) is 0 Å². The molecule has 2 aliphatic rings. The molecule has 0 aromatic heterocycles. The Morgan fingerprint density at radius 1 is 1.53 bits per heavy atom. The van der Waals surface area contributed by atoms with Gasteiger partial charge in [0.05, 0.1) is 18.6 Å². The van der Waals surface area contributed by atoms with Crippen LogP contribution in [0.3, 0.4) is 0 Å². The minimum Gasteiger partial charge on any atom is -0.482 e. The third kappa shape index (κ3) is 2.79. The summed E-state index contributed by atoms with van der Waals surface area (Å²) < 4.78 is 5.11. The molecule has 2 rings (SSSR count). The monoisotopic (exact) mass is 281 g/mol. The second-order valence-corrected chi connectivity index (χ2v) is 4.96. The lowest BCUT2D eigenvalue weighted by molar-refractivity contribution is -0.114. The Bertz CT molecular complexity index is 523. The number of amides is 1. The number of nitrogens with two attached hydrogens (primary N) is 2. The molecule has 1 atom stereocenters. The highest BCUT2D eigenvalue weighted by molar-refractivity contribution is 8.04. The molecule has 102 valence electrons. The van der Waals surface area contributed by atoms with E-state index in [-0.39, 0.29) is 11.2 Å². The summed E-state index contributed by atoms with van der Waals surface area (Å²) in [6.45, 7) is 3.54. The van der Waals surface area contributed by atoms with E-state index in [4.69, 9.17) is 16.2 Å². The predicted octanol–water partition coefficient (Wildman–Crippen LogP) is -0.702. The number of hydrogen-bond donors (Lipinski definition) is 5. The Morgan fingerprint density at radius 2 is 2.26 bits per heavy atom. The van der Waals surface area contributed by atoms with Crippen molar-refractivity contribution in [3.63, 3.8) is 0 Å². The first-order valence-electron chi connectivity index (χ1n) is 5.43. The molecule has 0 aromatic carbocycles. The van der Waals surface area contributed by atoms with Gasteiger partial charge < -0.3 is 32.2 Å². The smallest absolute Gasteiger partial charge is 0.258 e. The Balaban J connectivity index is 2.29. The van der Waals surface area contributed by atoms with Crippen LogP contribution >= 0.6 is 11.8 Å². The largest absolute Gasteiger partial charge is 0.482 e. The fraction of sp³-hybridized carbons (Fsp3) is 0.182. The van der Waals surface area contributed by atoms with E-state index >= 15 is 0 Å². The number of primary amides is 1. The van der Waals surface area contributed by atoms with Gasteiger partial charge in [-0.2, -0.15) is 0 Å². The van der Waals surface area contributed by atoms with Crippen molar-refractivity contribution < 1.29 is 9.53 Å². The zero-order valence-electron chi connectivity index (χ0n) is 10.3. The van der Waals surface area contributed by atoms with Crippen LogP contribution in [0.25, 0.3) is 0 Å². The van der Waals surface area contributed by atoms with E-state index in [1.807, 2.05) is 6.08 Å². The average Bonchev–Trinajstić information content (AvgIpc) is 2.36. The fourth-order valence-electron chi connectivity index (χ4n) is 1.64. The minimum absolute atomic E-state index is 0.168. The molecule has 8 heteroatoms. The number of dihydropyridines is 1. The predicted molar refractivity (Wildman–Crippen MR) is 73.5 cm³/mol. The number of fused-ring (bicyclic) bond motifs is 1. The van der Waals surface area contributed by atoms with Gasteiger partial charge in [-0.1, -0.05) is 18.3 Å². The number of ether oxygens (including phenoxy) is 1. The first-order valence-corrected chi connectivity index (χ1v) is 6.30. The van der Waals surface area contributed by atoms with Crippen molar-refractivity contribution in [3.8, 4) is 0 Å². The first kappa shape index (κ1) is 13.2. The van der Waals surface area contributed by atoms with Crippen LogP contribution < -0.4 is 27.4 Å². The maximum Gasteiger partial charge on any atom is 0.258 e. The van der Waals surface area contributed by atoms with Crippen molar-refractivity contribution in [1.82, 2.24) is 16.0 Å². The summed E-state index contributed by atoms with van der Waals surface area (Å²) >= 11 is 1.28. The lowest BCUT2D eigenvalue weighted by Gasteiger charge is -2.32. The van der Waals surface area contributed by atoms with Crippen LogP contribution in [0.15, 0.2) is 46.9 Å². The Morgan fingerprint density at radius 3 is 2.84 bits per heavy atom. The topological polar surface area (TPSA) is 114 Å². The molecular weight excluding hydrogens is 266 g/mol. The molecule has 0 saturated heterocycles. The third-order valence-corrected chi connectivity index (χ3v) is 3.68. The molecule has 7 nitrogen and oxygen atoms in total. The van der Waals surface area contributed by atoms with Crippen molar-refractivity contribution in [3.05, 3.63) is 46.9 Å². The summed E-state index contributed by atoms with van der Waals surface area (Å²) in [5.74, 6) is 0.725. The van der Waals surface area contributed by atoms with Crippen molar-refractivity contribution in [2.75, 3.05) is 7.11 Å². The lowest BCUT2D eigenvalue weighted by Crippen LogP contribution is -2.44. The van der Waals surface area contributed by atoms with Crippen molar-refractivity contribution in [1.29, 1.82) is 0 Å². The summed E-state index contributed by atoms with van der Waals surface area (Å²) in [4.78, 5) is 11.8. The summed E-state index contributed by atoms with van der Waals surface area (Å²) in [6, 6.07) is 0. The molecule has 2 aliphatic heterocycles. The van der Waals surface area contributed by atoms with Gasteiger partial charge >= 0.3 is 0 Å². The molecule has 1 unspecified atom stereocenters. The Labute approximate surface area is 114 Å². The van der Waals surface area contributed by atoms with Gasteiger partial charge in [-0.25, -0.2) is 0 Å². The number of allylic oxidation sites excluding steroid dienone is 2.